The number of hydrogen-bond acceptors (Lipinski definition) is 5. The highest BCUT2D eigenvalue weighted by Gasteiger charge is 2.17. The van der Waals surface area contributed by atoms with Crippen LogP contribution in [0.4, 0.5) is 4.39 Å². The monoisotopic (exact) mass is 479 g/mol. The number of hydrogen-bond donors (Lipinski definition) is 1. The maximum atomic E-state index is 13.6. The van der Waals surface area contributed by atoms with Crippen LogP contribution >= 0.6 is 23.4 Å². The average molecular weight is 480 g/mol. The van der Waals surface area contributed by atoms with Crippen molar-refractivity contribution in [3.63, 3.8) is 0 Å². The number of thioether (sulfide) groups is 1. The van der Waals surface area contributed by atoms with Crippen LogP contribution in [0.3, 0.4) is 0 Å². The van der Waals surface area contributed by atoms with Gasteiger partial charge < -0.3 is 0 Å². The van der Waals surface area contributed by atoms with Crippen molar-refractivity contribution in [3.05, 3.63) is 94.8 Å². The Hall–Kier alpha value is -3.49. The van der Waals surface area contributed by atoms with Crippen molar-refractivity contribution >= 4 is 35.5 Å². The van der Waals surface area contributed by atoms with Crippen LogP contribution in [-0.4, -0.2) is 32.6 Å². The fraction of sp³-hybridized carbons (Fsp3) is 0.0833. The number of rotatable bonds is 7. The first-order chi connectivity index (χ1) is 16.0. The fourth-order valence-corrected chi connectivity index (χ4v) is 3.86. The molecule has 0 fully saturated rings. The minimum atomic E-state index is -0.411. The zero-order chi connectivity index (χ0) is 23.2. The molecule has 0 atom stereocenters. The third kappa shape index (κ3) is 5.66. The van der Waals surface area contributed by atoms with Gasteiger partial charge in [-0.2, -0.15) is 5.10 Å². The third-order valence-corrected chi connectivity index (χ3v) is 5.84. The standard InChI is InChI=1S/C24H19ClFN5OS/c1-16-6-12-20(13-7-16)31-23(17-8-10-19(25)11-9-17)29-30-24(31)33-15-22(32)28-27-14-18-4-2-3-5-21(18)26/h2-14H,15H2,1H3,(H,28,32)/b27-14+. The number of carbonyl (C=O) groups is 1. The Morgan fingerprint density at radius 1 is 1.09 bits per heavy atom. The van der Waals surface area contributed by atoms with Crippen LogP contribution in [0.15, 0.2) is 83.1 Å². The molecule has 0 aliphatic heterocycles. The molecular formula is C24H19ClFN5OS. The molecule has 0 aliphatic carbocycles. The van der Waals surface area contributed by atoms with Gasteiger partial charge in [-0.15, -0.1) is 10.2 Å². The van der Waals surface area contributed by atoms with Gasteiger partial charge in [-0.25, -0.2) is 9.82 Å². The Morgan fingerprint density at radius 3 is 2.55 bits per heavy atom. The zero-order valence-corrected chi connectivity index (χ0v) is 19.1. The second-order valence-corrected chi connectivity index (χ2v) is 8.47. The molecule has 0 aliphatic rings. The summed E-state index contributed by atoms with van der Waals surface area (Å²) in [6.07, 6.45) is 1.27. The van der Waals surface area contributed by atoms with Crippen LogP contribution in [0.25, 0.3) is 17.1 Å². The molecule has 1 heterocycles. The number of nitrogens with one attached hydrogen (secondary N) is 1. The van der Waals surface area contributed by atoms with E-state index in [4.69, 9.17) is 11.6 Å². The number of halogens is 2. The summed E-state index contributed by atoms with van der Waals surface area (Å²) in [5, 5.41) is 13.7. The van der Waals surface area contributed by atoms with E-state index in [1.54, 1.807) is 30.3 Å². The summed E-state index contributed by atoms with van der Waals surface area (Å²) in [6.45, 7) is 2.01. The summed E-state index contributed by atoms with van der Waals surface area (Å²) >= 11 is 7.25. The smallest absolute Gasteiger partial charge is 0.250 e. The van der Waals surface area contributed by atoms with Gasteiger partial charge in [0.25, 0.3) is 5.91 Å². The van der Waals surface area contributed by atoms with Crippen LogP contribution in [0.2, 0.25) is 5.02 Å². The van der Waals surface area contributed by atoms with E-state index >= 15 is 0 Å². The predicted octanol–water partition coefficient (Wildman–Crippen LogP) is 5.28. The number of hydrazone groups is 1. The van der Waals surface area contributed by atoms with Crippen molar-refractivity contribution in [2.75, 3.05) is 5.75 Å². The number of carbonyl (C=O) groups excluding carboxylic acids is 1. The lowest BCUT2D eigenvalue weighted by Crippen LogP contribution is -2.20. The van der Waals surface area contributed by atoms with Crippen molar-refractivity contribution < 1.29 is 9.18 Å². The molecule has 0 radical (unpaired) electrons. The summed E-state index contributed by atoms with van der Waals surface area (Å²) in [5.41, 5.74) is 5.54. The molecule has 166 valence electrons. The van der Waals surface area contributed by atoms with Gasteiger partial charge in [-0.1, -0.05) is 59.3 Å². The Bertz CT molecular complexity index is 1290. The molecule has 4 aromatic rings. The summed E-state index contributed by atoms with van der Waals surface area (Å²) in [5.74, 6) is -0.0694. The third-order valence-electron chi connectivity index (χ3n) is 4.66. The maximum Gasteiger partial charge on any atom is 0.250 e. The van der Waals surface area contributed by atoms with E-state index in [9.17, 15) is 9.18 Å². The Labute approximate surface area is 199 Å². The van der Waals surface area contributed by atoms with Gasteiger partial charge in [0.2, 0.25) is 0 Å². The average Bonchev–Trinajstić information content (AvgIpc) is 3.24. The van der Waals surface area contributed by atoms with Gasteiger partial charge in [-0.05, 0) is 49.4 Å². The normalized spacial score (nSPS) is 11.1. The van der Waals surface area contributed by atoms with Gasteiger partial charge in [0.15, 0.2) is 11.0 Å². The molecule has 9 heteroatoms. The minimum Gasteiger partial charge on any atom is -0.272 e. The van der Waals surface area contributed by atoms with Gasteiger partial charge >= 0.3 is 0 Å². The van der Waals surface area contributed by atoms with E-state index < -0.39 is 5.82 Å². The highest BCUT2D eigenvalue weighted by molar-refractivity contribution is 7.99. The molecule has 33 heavy (non-hydrogen) atoms. The first-order valence-corrected chi connectivity index (χ1v) is 11.4. The van der Waals surface area contributed by atoms with E-state index in [1.807, 2.05) is 47.9 Å². The molecule has 3 aromatic carbocycles. The van der Waals surface area contributed by atoms with E-state index in [0.29, 0.717) is 16.0 Å². The van der Waals surface area contributed by atoms with Crippen LogP contribution < -0.4 is 5.43 Å². The number of aromatic nitrogens is 3. The number of benzene rings is 3. The van der Waals surface area contributed by atoms with Crippen LogP contribution in [0, 0.1) is 12.7 Å². The zero-order valence-electron chi connectivity index (χ0n) is 17.6. The summed E-state index contributed by atoms with van der Waals surface area (Å²) in [6, 6.07) is 21.4. The van der Waals surface area contributed by atoms with Gasteiger partial charge in [0.05, 0.1) is 12.0 Å². The van der Waals surface area contributed by atoms with Gasteiger partial charge in [0, 0.05) is 21.8 Å². The predicted molar refractivity (Wildman–Crippen MR) is 129 cm³/mol. The highest BCUT2D eigenvalue weighted by atomic mass is 35.5. The molecular weight excluding hydrogens is 461 g/mol. The SMILES string of the molecule is Cc1ccc(-n2c(SCC(=O)N/N=C/c3ccccc3F)nnc2-c2ccc(Cl)cc2)cc1. The topological polar surface area (TPSA) is 72.2 Å². The quantitative estimate of drug-likeness (QED) is 0.222. The lowest BCUT2D eigenvalue weighted by Gasteiger charge is -2.10. The van der Waals surface area contributed by atoms with E-state index in [1.165, 1.54) is 24.0 Å². The lowest BCUT2D eigenvalue weighted by molar-refractivity contribution is -0.118. The molecule has 0 saturated heterocycles. The van der Waals surface area contributed by atoms with Crippen LogP contribution in [0.1, 0.15) is 11.1 Å². The fourth-order valence-electron chi connectivity index (χ4n) is 2.99. The van der Waals surface area contributed by atoms with E-state index in [0.717, 1.165) is 16.8 Å². The summed E-state index contributed by atoms with van der Waals surface area (Å²) in [4.78, 5) is 12.3. The summed E-state index contributed by atoms with van der Waals surface area (Å²) in [7, 11) is 0. The second-order valence-electron chi connectivity index (χ2n) is 7.09. The van der Waals surface area contributed by atoms with Crippen LogP contribution in [-0.2, 0) is 4.79 Å². The largest absolute Gasteiger partial charge is 0.272 e. The molecule has 1 amide bonds. The Morgan fingerprint density at radius 2 is 1.82 bits per heavy atom. The molecule has 0 saturated carbocycles. The number of aryl methyl sites for hydroxylation is 1. The highest BCUT2D eigenvalue weighted by Crippen LogP contribution is 2.28. The van der Waals surface area contributed by atoms with Crippen molar-refractivity contribution in [2.45, 2.75) is 12.1 Å². The van der Waals surface area contributed by atoms with Crippen molar-refractivity contribution in [1.82, 2.24) is 20.2 Å². The molecule has 1 aromatic heterocycles. The molecule has 0 bridgehead atoms. The Kier molecular flexibility index (Phi) is 7.16. The van der Waals surface area contributed by atoms with Gasteiger partial charge in [0.1, 0.15) is 5.82 Å². The Balaban J connectivity index is 1.52. The maximum absolute atomic E-state index is 13.6. The number of nitrogens with zero attached hydrogens (tertiary/aromatic N) is 4. The molecule has 4 rings (SSSR count). The molecule has 0 unspecified atom stereocenters. The van der Waals surface area contributed by atoms with Gasteiger partial charge in [-0.3, -0.25) is 9.36 Å². The van der Waals surface area contributed by atoms with Crippen molar-refractivity contribution in [3.8, 4) is 17.1 Å². The van der Waals surface area contributed by atoms with Crippen molar-refractivity contribution in [2.24, 2.45) is 5.10 Å². The van der Waals surface area contributed by atoms with E-state index in [-0.39, 0.29) is 17.2 Å². The summed E-state index contributed by atoms with van der Waals surface area (Å²) < 4.78 is 15.5. The van der Waals surface area contributed by atoms with Crippen molar-refractivity contribution in [1.29, 1.82) is 0 Å². The molecule has 0 spiro atoms. The lowest BCUT2D eigenvalue weighted by atomic mass is 10.2. The van der Waals surface area contributed by atoms with Crippen LogP contribution in [0.5, 0.6) is 0 Å². The van der Waals surface area contributed by atoms with E-state index in [2.05, 4.69) is 20.7 Å². The first-order valence-electron chi connectivity index (χ1n) is 9.99. The molecule has 6 nitrogen and oxygen atoms in total. The number of amides is 1. The second kappa shape index (κ2) is 10.4. The molecule has 1 N–H and O–H groups in total. The first kappa shape index (κ1) is 22.7. The minimum absolute atomic E-state index is 0.0548.